The van der Waals surface area contributed by atoms with E-state index in [-0.39, 0.29) is 31.1 Å². The Balaban J connectivity index is 1.90. The molecule has 0 radical (unpaired) electrons. The van der Waals surface area contributed by atoms with Gasteiger partial charge in [0.15, 0.2) is 0 Å². The molecule has 2 rings (SSSR count). The molecule has 2 N–H and O–H groups in total. The molecular weight excluding hydrogens is 355 g/mol. The summed E-state index contributed by atoms with van der Waals surface area (Å²) in [6.45, 7) is 2.99. The molecule has 0 atom stereocenters. The topological polar surface area (TPSA) is 79.9 Å². The molecule has 10 heteroatoms. The van der Waals surface area contributed by atoms with E-state index in [9.17, 15) is 22.8 Å². The van der Waals surface area contributed by atoms with Crippen molar-refractivity contribution < 1.29 is 32.2 Å². The standard InChI is InChI=1S/C16H20F3N3O4/c1-2-25-13-5-4-11(10-12(13)16(17,18)19)21-14(23)20-6-8-22-7-3-9-26-15(22)24/h4-5,10H,2-3,6-9H2,1H3,(H2,20,21,23). The van der Waals surface area contributed by atoms with Gasteiger partial charge in [-0.05, 0) is 31.5 Å². The summed E-state index contributed by atoms with van der Waals surface area (Å²) in [5.41, 5.74) is -0.983. The van der Waals surface area contributed by atoms with Crippen molar-refractivity contribution >= 4 is 17.8 Å². The second kappa shape index (κ2) is 8.63. The first-order chi connectivity index (χ1) is 12.3. The van der Waals surface area contributed by atoms with Gasteiger partial charge in [0.05, 0.1) is 18.8 Å². The van der Waals surface area contributed by atoms with Crippen LogP contribution in [0.3, 0.4) is 0 Å². The predicted molar refractivity (Wildman–Crippen MR) is 87.2 cm³/mol. The maximum atomic E-state index is 13.1. The molecule has 1 aromatic carbocycles. The molecule has 26 heavy (non-hydrogen) atoms. The molecule has 1 fully saturated rings. The molecule has 0 spiro atoms. The van der Waals surface area contributed by atoms with E-state index in [2.05, 4.69) is 10.6 Å². The molecule has 0 saturated carbocycles. The van der Waals surface area contributed by atoms with E-state index in [4.69, 9.17) is 9.47 Å². The van der Waals surface area contributed by atoms with Gasteiger partial charge >= 0.3 is 18.3 Å². The van der Waals surface area contributed by atoms with Gasteiger partial charge in [0.1, 0.15) is 5.75 Å². The van der Waals surface area contributed by atoms with E-state index >= 15 is 0 Å². The number of amides is 3. The Morgan fingerprint density at radius 3 is 2.81 bits per heavy atom. The highest BCUT2D eigenvalue weighted by atomic mass is 19.4. The van der Waals surface area contributed by atoms with Crippen LogP contribution in [-0.4, -0.2) is 49.9 Å². The van der Waals surface area contributed by atoms with Crippen molar-refractivity contribution in [2.45, 2.75) is 19.5 Å². The monoisotopic (exact) mass is 375 g/mol. The fraction of sp³-hybridized carbons (Fsp3) is 0.500. The minimum Gasteiger partial charge on any atom is -0.493 e. The molecule has 3 amide bonds. The van der Waals surface area contributed by atoms with Gasteiger partial charge in [-0.1, -0.05) is 0 Å². The predicted octanol–water partition coefficient (Wildman–Crippen LogP) is 3.07. The van der Waals surface area contributed by atoms with Gasteiger partial charge in [-0.2, -0.15) is 13.2 Å². The minimum absolute atomic E-state index is 0.0179. The number of halogens is 3. The molecule has 1 saturated heterocycles. The number of nitrogens with one attached hydrogen (secondary N) is 2. The minimum atomic E-state index is -4.60. The zero-order valence-electron chi connectivity index (χ0n) is 14.2. The highest BCUT2D eigenvalue weighted by Gasteiger charge is 2.34. The van der Waals surface area contributed by atoms with E-state index in [1.165, 1.54) is 11.0 Å². The van der Waals surface area contributed by atoms with Gasteiger partial charge in [0.25, 0.3) is 0 Å². The second-order valence-corrected chi connectivity index (χ2v) is 5.48. The molecule has 144 valence electrons. The first-order valence-corrected chi connectivity index (χ1v) is 8.12. The average Bonchev–Trinajstić information content (AvgIpc) is 2.57. The number of urea groups is 1. The zero-order valence-corrected chi connectivity index (χ0v) is 14.2. The lowest BCUT2D eigenvalue weighted by molar-refractivity contribution is -0.138. The van der Waals surface area contributed by atoms with Crippen LogP contribution in [0.15, 0.2) is 18.2 Å². The van der Waals surface area contributed by atoms with Crippen molar-refractivity contribution in [2.75, 3.05) is 38.2 Å². The molecular formula is C16H20F3N3O4. The number of hydrogen-bond acceptors (Lipinski definition) is 4. The van der Waals surface area contributed by atoms with Crippen molar-refractivity contribution in [1.29, 1.82) is 0 Å². The number of benzene rings is 1. The Kier molecular flexibility index (Phi) is 6.53. The summed E-state index contributed by atoms with van der Waals surface area (Å²) in [5, 5.41) is 4.82. The lowest BCUT2D eigenvalue weighted by Gasteiger charge is -2.26. The van der Waals surface area contributed by atoms with Crippen molar-refractivity contribution in [3.63, 3.8) is 0 Å². The van der Waals surface area contributed by atoms with Gasteiger partial charge in [0.2, 0.25) is 0 Å². The third-order valence-electron chi connectivity index (χ3n) is 3.57. The van der Waals surface area contributed by atoms with E-state index < -0.39 is 23.9 Å². The Labute approximate surface area is 148 Å². The Morgan fingerprint density at radius 2 is 2.15 bits per heavy atom. The SMILES string of the molecule is CCOc1ccc(NC(=O)NCCN2CCCOC2=O)cc1C(F)(F)F. The number of alkyl halides is 3. The van der Waals surface area contributed by atoms with Crippen molar-refractivity contribution in [1.82, 2.24) is 10.2 Å². The van der Waals surface area contributed by atoms with E-state index in [0.717, 1.165) is 12.1 Å². The van der Waals surface area contributed by atoms with Crippen molar-refractivity contribution in [3.05, 3.63) is 23.8 Å². The number of carbonyl (C=O) groups excluding carboxylic acids is 2. The quantitative estimate of drug-likeness (QED) is 0.801. The molecule has 0 bridgehead atoms. The molecule has 0 aromatic heterocycles. The maximum absolute atomic E-state index is 13.1. The van der Waals surface area contributed by atoms with Gasteiger partial charge in [0, 0.05) is 25.3 Å². The fourth-order valence-corrected chi connectivity index (χ4v) is 2.39. The van der Waals surface area contributed by atoms with Gasteiger partial charge in [-0.3, -0.25) is 0 Å². The average molecular weight is 375 g/mol. The summed E-state index contributed by atoms with van der Waals surface area (Å²) in [7, 11) is 0. The maximum Gasteiger partial charge on any atom is 0.420 e. The van der Waals surface area contributed by atoms with Crippen LogP contribution in [0.25, 0.3) is 0 Å². The molecule has 1 aromatic rings. The molecule has 7 nitrogen and oxygen atoms in total. The number of carbonyl (C=O) groups is 2. The Hall–Kier alpha value is -2.65. The summed E-state index contributed by atoms with van der Waals surface area (Å²) in [4.78, 5) is 24.7. The summed E-state index contributed by atoms with van der Waals surface area (Å²) in [6, 6.07) is 2.62. The highest BCUT2D eigenvalue weighted by molar-refractivity contribution is 5.89. The molecule has 1 heterocycles. The molecule has 0 unspecified atom stereocenters. The second-order valence-electron chi connectivity index (χ2n) is 5.48. The lowest BCUT2D eigenvalue weighted by atomic mass is 10.1. The Morgan fingerprint density at radius 1 is 1.38 bits per heavy atom. The number of nitrogens with zero attached hydrogens (tertiary/aromatic N) is 1. The Bertz CT molecular complexity index is 652. The number of cyclic esters (lactones) is 1. The molecule has 1 aliphatic rings. The summed E-state index contributed by atoms with van der Waals surface area (Å²) in [6.07, 6.45) is -4.34. The van der Waals surface area contributed by atoms with Crippen LogP contribution in [-0.2, 0) is 10.9 Å². The lowest BCUT2D eigenvalue weighted by Crippen LogP contribution is -2.43. The smallest absolute Gasteiger partial charge is 0.420 e. The molecule has 1 aliphatic heterocycles. The van der Waals surface area contributed by atoms with E-state index in [1.54, 1.807) is 6.92 Å². The first kappa shape index (κ1) is 19.7. The highest BCUT2D eigenvalue weighted by Crippen LogP contribution is 2.37. The number of hydrogen-bond donors (Lipinski definition) is 2. The fourth-order valence-electron chi connectivity index (χ4n) is 2.39. The van der Waals surface area contributed by atoms with Crippen LogP contribution in [0.4, 0.5) is 28.4 Å². The first-order valence-electron chi connectivity index (χ1n) is 8.12. The van der Waals surface area contributed by atoms with Crippen LogP contribution in [0.1, 0.15) is 18.9 Å². The zero-order chi connectivity index (χ0) is 19.2. The van der Waals surface area contributed by atoms with Gasteiger partial charge < -0.3 is 25.0 Å². The normalized spacial score (nSPS) is 14.6. The number of rotatable bonds is 6. The van der Waals surface area contributed by atoms with Crippen molar-refractivity contribution in [2.24, 2.45) is 0 Å². The van der Waals surface area contributed by atoms with Gasteiger partial charge in [-0.15, -0.1) is 0 Å². The van der Waals surface area contributed by atoms with Crippen LogP contribution >= 0.6 is 0 Å². The van der Waals surface area contributed by atoms with Crippen molar-refractivity contribution in [3.8, 4) is 5.75 Å². The third kappa shape index (κ3) is 5.43. The van der Waals surface area contributed by atoms with Crippen LogP contribution < -0.4 is 15.4 Å². The van der Waals surface area contributed by atoms with Gasteiger partial charge in [-0.25, -0.2) is 9.59 Å². The van der Waals surface area contributed by atoms with Crippen LogP contribution in [0.5, 0.6) is 5.75 Å². The number of anilines is 1. The van der Waals surface area contributed by atoms with E-state index in [1.807, 2.05) is 0 Å². The number of ether oxygens (including phenoxy) is 2. The van der Waals surface area contributed by atoms with Crippen LogP contribution in [0.2, 0.25) is 0 Å². The summed E-state index contributed by atoms with van der Waals surface area (Å²) in [5.74, 6) is -0.297. The summed E-state index contributed by atoms with van der Waals surface area (Å²) < 4.78 is 49.1. The summed E-state index contributed by atoms with van der Waals surface area (Å²) >= 11 is 0. The molecule has 0 aliphatic carbocycles. The van der Waals surface area contributed by atoms with Crippen LogP contribution in [0, 0.1) is 0 Å². The van der Waals surface area contributed by atoms with E-state index in [0.29, 0.717) is 19.6 Å². The largest absolute Gasteiger partial charge is 0.493 e. The third-order valence-corrected chi connectivity index (χ3v) is 3.57.